The van der Waals surface area contributed by atoms with Crippen LogP contribution in [0.4, 0.5) is 17.1 Å². The van der Waals surface area contributed by atoms with Gasteiger partial charge in [-0.15, -0.1) is 0 Å². The Hall–Kier alpha value is -7.42. The van der Waals surface area contributed by atoms with E-state index in [1.54, 1.807) is 0 Å². The molecule has 1 heterocycles. The highest BCUT2D eigenvalue weighted by molar-refractivity contribution is 6.11. The molecule has 2 nitrogen and oxygen atoms in total. The van der Waals surface area contributed by atoms with E-state index in [0.717, 1.165) is 17.1 Å². The van der Waals surface area contributed by atoms with Gasteiger partial charge >= 0.3 is 0 Å². The molecular formula is C57H42N2. The molecule has 1 aliphatic rings. The van der Waals surface area contributed by atoms with Crippen LogP contribution in [0.15, 0.2) is 218 Å². The summed E-state index contributed by atoms with van der Waals surface area (Å²) in [6, 6.07) is 79.8. The Morgan fingerprint density at radius 2 is 0.881 bits per heavy atom. The van der Waals surface area contributed by atoms with Gasteiger partial charge in [-0.2, -0.15) is 0 Å². The number of para-hydroxylation sites is 2. The maximum atomic E-state index is 2.42. The molecule has 0 aliphatic heterocycles. The summed E-state index contributed by atoms with van der Waals surface area (Å²) >= 11 is 0. The maximum absolute atomic E-state index is 2.42. The van der Waals surface area contributed by atoms with Crippen LogP contribution in [0.1, 0.15) is 25.0 Å². The molecule has 0 atom stereocenters. The Morgan fingerprint density at radius 3 is 1.66 bits per heavy atom. The van der Waals surface area contributed by atoms with Crippen LogP contribution >= 0.6 is 0 Å². The van der Waals surface area contributed by atoms with E-state index in [9.17, 15) is 0 Å². The summed E-state index contributed by atoms with van der Waals surface area (Å²) in [4.78, 5) is 2.42. The van der Waals surface area contributed by atoms with Gasteiger partial charge in [-0.05, 0) is 122 Å². The van der Waals surface area contributed by atoms with Crippen molar-refractivity contribution < 1.29 is 0 Å². The van der Waals surface area contributed by atoms with E-state index in [4.69, 9.17) is 0 Å². The molecule has 11 rings (SSSR count). The summed E-state index contributed by atoms with van der Waals surface area (Å²) in [5.74, 6) is 0. The number of hydrogen-bond donors (Lipinski definition) is 0. The Bertz CT molecular complexity index is 3170. The van der Waals surface area contributed by atoms with E-state index in [1.165, 1.54) is 83.1 Å². The van der Waals surface area contributed by atoms with Gasteiger partial charge in [-0.1, -0.05) is 166 Å². The van der Waals surface area contributed by atoms with Crippen molar-refractivity contribution in [1.82, 2.24) is 4.57 Å². The zero-order valence-corrected chi connectivity index (χ0v) is 33.2. The minimum atomic E-state index is -0.111. The van der Waals surface area contributed by atoms with Crippen LogP contribution in [0.25, 0.3) is 72.0 Å². The molecule has 0 spiro atoms. The Labute approximate surface area is 345 Å². The molecule has 0 amide bonds. The third kappa shape index (κ3) is 5.79. The summed E-state index contributed by atoms with van der Waals surface area (Å²) in [5.41, 5.74) is 19.4. The quantitative estimate of drug-likeness (QED) is 0.157. The van der Waals surface area contributed by atoms with Gasteiger partial charge in [-0.3, -0.25) is 0 Å². The smallest absolute Gasteiger partial charge is 0.0541 e. The zero-order chi connectivity index (χ0) is 39.5. The van der Waals surface area contributed by atoms with Crippen LogP contribution in [0.3, 0.4) is 0 Å². The average Bonchev–Trinajstić information content (AvgIpc) is 3.75. The third-order valence-corrected chi connectivity index (χ3v) is 12.4. The summed E-state index contributed by atoms with van der Waals surface area (Å²) < 4.78 is 2.38. The van der Waals surface area contributed by atoms with Crippen molar-refractivity contribution >= 4 is 38.9 Å². The minimum Gasteiger partial charge on any atom is -0.310 e. The van der Waals surface area contributed by atoms with Gasteiger partial charge in [0, 0.05) is 38.9 Å². The Kier molecular flexibility index (Phi) is 8.20. The van der Waals surface area contributed by atoms with Crippen molar-refractivity contribution in [3.8, 4) is 50.2 Å². The standard InChI is InChI=1S/C57H42N2/c1-57(2)53-26-13-11-24-49(53)50-34-33-46(38-54(50)57)58(44-31-28-40(29-32-44)39-16-5-3-6-17-39)45-21-15-18-41(36-45)47-22-9-10-23-48(47)42-30-35-56-52(37-42)51-25-12-14-27-55(51)59(56)43-19-7-4-8-20-43/h3-38H,1-2H3. The molecule has 9 aromatic carbocycles. The lowest BCUT2D eigenvalue weighted by Crippen LogP contribution is -2.16. The summed E-state index contributed by atoms with van der Waals surface area (Å²) in [5, 5.41) is 2.50. The second kappa shape index (κ2) is 13.9. The molecule has 0 fully saturated rings. The molecule has 0 radical (unpaired) electrons. The summed E-state index contributed by atoms with van der Waals surface area (Å²) in [6.07, 6.45) is 0. The van der Waals surface area contributed by atoms with Crippen molar-refractivity contribution in [2.24, 2.45) is 0 Å². The topological polar surface area (TPSA) is 8.17 Å². The highest BCUT2D eigenvalue weighted by Gasteiger charge is 2.35. The fourth-order valence-corrected chi connectivity index (χ4v) is 9.51. The van der Waals surface area contributed by atoms with E-state index in [-0.39, 0.29) is 5.41 Å². The first kappa shape index (κ1) is 34.8. The van der Waals surface area contributed by atoms with Crippen LogP contribution in [-0.2, 0) is 5.41 Å². The molecule has 0 saturated heterocycles. The lowest BCUT2D eigenvalue weighted by atomic mass is 9.82. The molecular weight excluding hydrogens is 713 g/mol. The van der Waals surface area contributed by atoms with Crippen LogP contribution in [-0.4, -0.2) is 4.57 Å². The van der Waals surface area contributed by atoms with Gasteiger partial charge in [0.05, 0.1) is 11.0 Å². The Balaban J connectivity index is 1.04. The van der Waals surface area contributed by atoms with E-state index in [2.05, 4.69) is 242 Å². The van der Waals surface area contributed by atoms with E-state index < -0.39 is 0 Å². The second-order valence-corrected chi connectivity index (χ2v) is 16.2. The van der Waals surface area contributed by atoms with Gasteiger partial charge in [0.15, 0.2) is 0 Å². The number of rotatable bonds is 7. The molecule has 2 heteroatoms. The van der Waals surface area contributed by atoms with Gasteiger partial charge in [0.2, 0.25) is 0 Å². The molecule has 59 heavy (non-hydrogen) atoms. The molecule has 10 aromatic rings. The van der Waals surface area contributed by atoms with Gasteiger partial charge in [0.25, 0.3) is 0 Å². The Morgan fingerprint density at radius 1 is 0.339 bits per heavy atom. The fourth-order valence-electron chi connectivity index (χ4n) is 9.51. The van der Waals surface area contributed by atoms with Crippen LogP contribution in [0.2, 0.25) is 0 Å². The van der Waals surface area contributed by atoms with Gasteiger partial charge < -0.3 is 9.47 Å². The molecule has 0 saturated carbocycles. The molecule has 0 N–H and O–H groups in total. The number of nitrogens with zero attached hydrogens (tertiary/aromatic N) is 2. The third-order valence-electron chi connectivity index (χ3n) is 12.4. The van der Waals surface area contributed by atoms with Crippen LogP contribution in [0.5, 0.6) is 0 Å². The van der Waals surface area contributed by atoms with Gasteiger partial charge in [0.1, 0.15) is 0 Å². The predicted octanol–water partition coefficient (Wildman–Crippen LogP) is 15.6. The lowest BCUT2D eigenvalue weighted by molar-refractivity contribution is 0.660. The normalized spacial score (nSPS) is 12.7. The van der Waals surface area contributed by atoms with E-state index in [0.29, 0.717) is 0 Å². The second-order valence-electron chi connectivity index (χ2n) is 16.2. The molecule has 280 valence electrons. The average molecular weight is 755 g/mol. The molecule has 1 aliphatic carbocycles. The summed E-state index contributed by atoms with van der Waals surface area (Å²) in [6.45, 7) is 4.71. The highest BCUT2D eigenvalue weighted by atomic mass is 15.1. The van der Waals surface area contributed by atoms with E-state index in [1.807, 2.05) is 0 Å². The van der Waals surface area contributed by atoms with Crippen molar-refractivity contribution in [2.45, 2.75) is 19.3 Å². The monoisotopic (exact) mass is 754 g/mol. The minimum absolute atomic E-state index is 0.111. The van der Waals surface area contributed by atoms with Crippen LogP contribution < -0.4 is 4.90 Å². The number of hydrogen-bond acceptors (Lipinski definition) is 1. The van der Waals surface area contributed by atoms with Crippen molar-refractivity contribution in [3.05, 3.63) is 230 Å². The number of benzene rings is 9. The first-order valence-electron chi connectivity index (χ1n) is 20.5. The SMILES string of the molecule is CC1(C)c2ccccc2-c2ccc(N(c3ccc(-c4ccccc4)cc3)c3cccc(-c4ccccc4-c4ccc5c(c4)c4ccccc4n5-c4ccccc4)c3)cc21. The van der Waals surface area contributed by atoms with Crippen LogP contribution in [0, 0.1) is 0 Å². The fraction of sp³-hybridized carbons (Fsp3) is 0.0526. The largest absolute Gasteiger partial charge is 0.310 e. The predicted molar refractivity (Wildman–Crippen MR) is 249 cm³/mol. The van der Waals surface area contributed by atoms with Crippen molar-refractivity contribution in [2.75, 3.05) is 4.90 Å². The first-order valence-corrected chi connectivity index (χ1v) is 20.5. The molecule has 0 bridgehead atoms. The number of anilines is 3. The van der Waals surface area contributed by atoms with Crippen molar-refractivity contribution in [1.29, 1.82) is 0 Å². The summed E-state index contributed by atoms with van der Waals surface area (Å²) in [7, 11) is 0. The number of aromatic nitrogens is 1. The highest BCUT2D eigenvalue weighted by Crippen LogP contribution is 2.51. The lowest BCUT2D eigenvalue weighted by Gasteiger charge is -2.28. The molecule has 1 aromatic heterocycles. The van der Waals surface area contributed by atoms with Crippen molar-refractivity contribution in [3.63, 3.8) is 0 Å². The van der Waals surface area contributed by atoms with E-state index >= 15 is 0 Å². The zero-order valence-electron chi connectivity index (χ0n) is 33.2. The maximum Gasteiger partial charge on any atom is 0.0541 e. The number of fused-ring (bicyclic) bond motifs is 6. The van der Waals surface area contributed by atoms with Gasteiger partial charge in [-0.25, -0.2) is 0 Å². The first-order chi connectivity index (χ1) is 29.0. The molecule has 0 unspecified atom stereocenters.